The minimum atomic E-state index is -0.245. The number of carbonyl (C=O) groups excluding carboxylic acids is 1. The fraction of sp³-hybridized carbons (Fsp3) is 0.360. The molecule has 31 heavy (non-hydrogen) atoms. The van der Waals surface area contributed by atoms with E-state index >= 15 is 0 Å². The molecule has 2 atom stereocenters. The van der Waals surface area contributed by atoms with E-state index < -0.39 is 0 Å². The molecule has 1 aliphatic carbocycles. The van der Waals surface area contributed by atoms with Crippen LogP contribution in [0.15, 0.2) is 42.5 Å². The molecular formula is C25H27N3O3. The van der Waals surface area contributed by atoms with Crippen molar-refractivity contribution in [3.8, 4) is 29.5 Å². The first-order chi connectivity index (χ1) is 15.0. The molecule has 3 aromatic rings. The van der Waals surface area contributed by atoms with Crippen LogP contribution in [0.1, 0.15) is 32.6 Å². The average molecular weight is 418 g/mol. The fourth-order valence-electron chi connectivity index (χ4n) is 4.23. The number of nitrogens with two attached hydrogens (primary N) is 1. The van der Waals surface area contributed by atoms with Crippen LogP contribution < -0.4 is 10.5 Å². The average Bonchev–Trinajstić information content (AvgIpc) is 3.11. The SMILES string of the molecule is C#CCOc1ccc(-c2nc3ccccc3n2CC(=O)O[C@H]2CCCC(C)C2)cc1N. The molecule has 0 bridgehead atoms. The lowest BCUT2D eigenvalue weighted by molar-refractivity contribution is -0.151. The summed E-state index contributed by atoms with van der Waals surface area (Å²) in [5, 5.41) is 0. The number of aromatic nitrogens is 2. The van der Waals surface area contributed by atoms with Gasteiger partial charge in [-0.15, -0.1) is 6.42 Å². The molecule has 1 unspecified atom stereocenters. The van der Waals surface area contributed by atoms with Crippen molar-refractivity contribution in [1.82, 2.24) is 9.55 Å². The third-order valence-corrected chi connectivity index (χ3v) is 5.71. The number of nitrogens with zero attached hydrogens (tertiary/aromatic N) is 2. The normalized spacial score (nSPS) is 18.5. The van der Waals surface area contributed by atoms with Crippen molar-refractivity contribution in [2.75, 3.05) is 12.3 Å². The number of para-hydroxylation sites is 2. The van der Waals surface area contributed by atoms with Crippen LogP contribution in [0.2, 0.25) is 0 Å². The second kappa shape index (κ2) is 9.13. The van der Waals surface area contributed by atoms with Gasteiger partial charge in [-0.3, -0.25) is 4.79 Å². The number of anilines is 1. The van der Waals surface area contributed by atoms with E-state index in [2.05, 4.69) is 12.8 Å². The Bertz CT molecular complexity index is 1130. The molecule has 0 amide bonds. The summed E-state index contributed by atoms with van der Waals surface area (Å²) in [4.78, 5) is 17.6. The molecule has 6 heteroatoms. The number of hydrogen-bond donors (Lipinski definition) is 1. The quantitative estimate of drug-likeness (QED) is 0.365. The maximum Gasteiger partial charge on any atom is 0.326 e. The van der Waals surface area contributed by atoms with Crippen LogP contribution in [0.3, 0.4) is 0 Å². The van der Waals surface area contributed by atoms with E-state index in [4.69, 9.17) is 26.6 Å². The molecule has 1 aliphatic rings. The van der Waals surface area contributed by atoms with Gasteiger partial charge >= 0.3 is 5.97 Å². The highest BCUT2D eigenvalue weighted by atomic mass is 16.5. The third-order valence-electron chi connectivity index (χ3n) is 5.71. The van der Waals surface area contributed by atoms with Crippen LogP contribution in [0, 0.1) is 18.3 Å². The van der Waals surface area contributed by atoms with E-state index in [1.807, 2.05) is 34.9 Å². The number of carbonyl (C=O) groups is 1. The summed E-state index contributed by atoms with van der Waals surface area (Å²) >= 11 is 0. The van der Waals surface area contributed by atoms with E-state index in [1.165, 1.54) is 6.42 Å². The van der Waals surface area contributed by atoms with Gasteiger partial charge < -0.3 is 19.8 Å². The first-order valence-electron chi connectivity index (χ1n) is 10.7. The van der Waals surface area contributed by atoms with E-state index in [9.17, 15) is 4.79 Å². The molecule has 2 N–H and O–H groups in total. The number of fused-ring (bicyclic) bond motifs is 1. The lowest BCUT2D eigenvalue weighted by atomic mass is 9.89. The standard InChI is InChI=1S/C25H27N3O3/c1-3-13-30-23-12-11-18(15-20(23)26)25-27-21-9-4-5-10-22(21)28(25)16-24(29)31-19-8-6-7-17(2)14-19/h1,4-5,9-12,15,17,19H,6-8,13-14,16,26H2,2H3/t17?,19-/m0/s1. The van der Waals surface area contributed by atoms with Crippen molar-refractivity contribution in [2.45, 2.75) is 45.3 Å². The zero-order valence-electron chi connectivity index (χ0n) is 17.7. The topological polar surface area (TPSA) is 79.4 Å². The largest absolute Gasteiger partial charge is 0.479 e. The number of imidazole rings is 1. The van der Waals surface area contributed by atoms with E-state index in [1.54, 1.807) is 12.1 Å². The van der Waals surface area contributed by atoms with Gasteiger partial charge in [0, 0.05) is 5.56 Å². The number of rotatable bonds is 6. The highest BCUT2D eigenvalue weighted by molar-refractivity contribution is 5.84. The number of nitrogen functional groups attached to an aromatic ring is 1. The Kier molecular flexibility index (Phi) is 6.13. The van der Waals surface area contributed by atoms with Crippen molar-refractivity contribution in [1.29, 1.82) is 0 Å². The molecule has 1 aromatic heterocycles. The molecule has 0 aliphatic heterocycles. The molecular weight excluding hydrogens is 390 g/mol. The number of ether oxygens (including phenoxy) is 2. The molecule has 0 radical (unpaired) electrons. The zero-order valence-corrected chi connectivity index (χ0v) is 17.7. The van der Waals surface area contributed by atoms with Crippen LogP contribution in [-0.4, -0.2) is 28.2 Å². The first-order valence-corrected chi connectivity index (χ1v) is 10.7. The molecule has 2 aromatic carbocycles. The Hall–Kier alpha value is -3.46. The van der Waals surface area contributed by atoms with Crippen LogP contribution in [-0.2, 0) is 16.1 Å². The van der Waals surface area contributed by atoms with Gasteiger partial charge in [0.15, 0.2) is 0 Å². The monoisotopic (exact) mass is 417 g/mol. The van der Waals surface area contributed by atoms with Crippen molar-refractivity contribution in [3.05, 3.63) is 42.5 Å². The maximum absolute atomic E-state index is 12.8. The van der Waals surface area contributed by atoms with Gasteiger partial charge in [-0.1, -0.05) is 31.4 Å². The second-order valence-corrected chi connectivity index (χ2v) is 8.14. The van der Waals surface area contributed by atoms with Gasteiger partial charge in [-0.05, 0) is 55.5 Å². The van der Waals surface area contributed by atoms with Gasteiger partial charge in [0.1, 0.15) is 30.8 Å². The molecule has 0 saturated heterocycles. The molecule has 1 saturated carbocycles. The number of esters is 1. The maximum atomic E-state index is 12.8. The Morgan fingerprint density at radius 3 is 2.90 bits per heavy atom. The van der Waals surface area contributed by atoms with Gasteiger partial charge in [0.25, 0.3) is 0 Å². The highest BCUT2D eigenvalue weighted by Gasteiger charge is 2.23. The van der Waals surface area contributed by atoms with Gasteiger partial charge in [0.2, 0.25) is 0 Å². The highest BCUT2D eigenvalue weighted by Crippen LogP contribution is 2.31. The number of terminal acetylenes is 1. The molecule has 1 fully saturated rings. The minimum Gasteiger partial charge on any atom is -0.479 e. The van der Waals surface area contributed by atoms with Gasteiger partial charge in [0.05, 0.1) is 16.7 Å². The predicted octanol–water partition coefficient (Wildman–Crippen LogP) is 4.42. The summed E-state index contributed by atoms with van der Waals surface area (Å²) in [5.74, 6) is 3.96. The van der Waals surface area contributed by atoms with E-state index in [-0.39, 0.29) is 25.2 Å². The Labute approximate surface area is 182 Å². The lowest BCUT2D eigenvalue weighted by Gasteiger charge is -2.26. The van der Waals surface area contributed by atoms with Crippen LogP contribution in [0.5, 0.6) is 5.75 Å². The molecule has 160 valence electrons. The first kappa shape index (κ1) is 20.8. The van der Waals surface area contributed by atoms with Crippen molar-refractivity contribution in [3.63, 3.8) is 0 Å². The summed E-state index contributed by atoms with van der Waals surface area (Å²) in [6, 6.07) is 13.2. The lowest BCUT2D eigenvalue weighted by Crippen LogP contribution is -2.26. The molecule has 4 rings (SSSR count). The van der Waals surface area contributed by atoms with Crippen molar-refractivity contribution < 1.29 is 14.3 Å². The van der Waals surface area contributed by atoms with Crippen LogP contribution in [0.25, 0.3) is 22.4 Å². The van der Waals surface area contributed by atoms with Crippen molar-refractivity contribution >= 4 is 22.7 Å². The Balaban J connectivity index is 1.62. The third kappa shape index (κ3) is 4.66. The molecule has 1 heterocycles. The van der Waals surface area contributed by atoms with Crippen LogP contribution >= 0.6 is 0 Å². The van der Waals surface area contributed by atoms with Crippen LogP contribution in [0.4, 0.5) is 5.69 Å². The van der Waals surface area contributed by atoms with Gasteiger partial charge in [-0.2, -0.15) is 0 Å². The summed E-state index contributed by atoms with van der Waals surface area (Å²) in [6.07, 6.45) is 9.42. The number of benzene rings is 2. The summed E-state index contributed by atoms with van der Waals surface area (Å²) in [7, 11) is 0. The molecule has 6 nitrogen and oxygen atoms in total. The van der Waals surface area contributed by atoms with E-state index in [0.717, 1.165) is 35.9 Å². The Morgan fingerprint density at radius 1 is 1.29 bits per heavy atom. The predicted molar refractivity (Wildman–Crippen MR) is 121 cm³/mol. The minimum absolute atomic E-state index is 0.00211. The van der Waals surface area contributed by atoms with Crippen molar-refractivity contribution in [2.24, 2.45) is 5.92 Å². The molecule has 0 spiro atoms. The summed E-state index contributed by atoms with van der Waals surface area (Å²) in [5.41, 5.74) is 9.10. The Morgan fingerprint density at radius 2 is 2.13 bits per heavy atom. The fourth-order valence-corrected chi connectivity index (χ4v) is 4.23. The van der Waals surface area contributed by atoms with Gasteiger partial charge in [-0.25, -0.2) is 4.98 Å². The second-order valence-electron chi connectivity index (χ2n) is 8.14. The number of hydrogen-bond acceptors (Lipinski definition) is 5. The summed E-state index contributed by atoms with van der Waals surface area (Å²) in [6.45, 7) is 2.45. The smallest absolute Gasteiger partial charge is 0.326 e. The zero-order chi connectivity index (χ0) is 21.8. The summed E-state index contributed by atoms with van der Waals surface area (Å²) < 4.78 is 13.2. The van der Waals surface area contributed by atoms with E-state index in [0.29, 0.717) is 23.2 Å².